The summed E-state index contributed by atoms with van der Waals surface area (Å²) < 4.78 is 27.4. The minimum atomic E-state index is -4.12. The molecule has 0 aliphatic rings. The monoisotopic (exact) mass is 529 g/mol. The molecule has 3 rings (SSSR count). The summed E-state index contributed by atoms with van der Waals surface area (Å²) in [6.45, 7) is -0.579. The van der Waals surface area contributed by atoms with Gasteiger partial charge in [0.2, 0.25) is 0 Å². The Labute approximate surface area is 205 Å². The Morgan fingerprint density at radius 3 is 2.16 bits per heavy atom. The maximum absolute atomic E-state index is 13.3. The van der Waals surface area contributed by atoms with Crippen LogP contribution in [-0.4, -0.2) is 27.1 Å². The molecule has 0 aliphatic heterocycles. The van der Waals surface area contributed by atoms with Crippen LogP contribution in [0, 0.1) is 0 Å². The molecule has 1 N–H and O–H groups in total. The van der Waals surface area contributed by atoms with Gasteiger partial charge in [-0.25, -0.2) is 13.8 Å². The Kier molecular flexibility index (Phi) is 8.03. The van der Waals surface area contributed by atoms with Crippen molar-refractivity contribution in [2.75, 3.05) is 10.8 Å². The third-order valence-electron chi connectivity index (χ3n) is 4.15. The van der Waals surface area contributed by atoms with Gasteiger partial charge in [0.1, 0.15) is 6.54 Å². The van der Waals surface area contributed by atoms with E-state index in [1.165, 1.54) is 42.6 Å². The van der Waals surface area contributed by atoms with Gasteiger partial charge in [0.15, 0.2) is 0 Å². The molecule has 11 heteroatoms. The number of hydrazone groups is 1. The van der Waals surface area contributed by atoms with E-state index in [0.29, 0.717) is 20.6 Å². The fourth-order valence-electron chi connectivity index (χ4n) is 2.65. The summed E-state index contributed by atoms with van der Waals surface area (Å²) in [6.07, 6.45) is 1.32. The summed E-state index contributed by atoms with van der Waals surface area (Å²) in [7, 11) is -4.12. The number of hydrogen-bond donors (Lipinski definition) is 1. The van der Waals surface area contributed by atoms with E-state index in [2.05, 4.69) is 10.5 Å². The topological polar surface area (TPSA) is 78.8 Å². The van der Waals surface area contributed by atoms with Crippen molar-refractivity contribution < 1.29 is 13.2 Å². The van der Waals surface area contributed by atoms with Crippen molar-refractivity contribution in [3.63, 3.8) is 0 Å². The van der Waals surface area contributed by atoms with Gasteiger partial charge in [-0.2, -0.15) is 5.10 Å². The first-order chi connectivity index (χ1) is 15.2. The highest BCUT2D eigenvalue weighted by Gasteiger charge is 2.28. The predicted octanol–water partition coefficient (Wildman–Crippen LogP) is 5.65. The standard InChI is InChI=1S/C21H15Cl4N3O3S/c22-15-7-6-14(18(24)10-15)12-26-27-21(29)13-28(20-9-8-16(23)11-19(20)25)32(30,31)17-4-2-1-3-5-17/h1-12H,13H2,(H,27,29)/b26-12-. The molecule has 0 aliphatic carbocycles. The van der Waals surface area contributed by atoms with E-state index >= 15 is 0 Å². The zero-order chi connectivity index (χ0) is 23.3. The molecule has 0 bridgehead atoms. The van der Waals surface area contributed by atoms with Crippen LogP contribution in [0.15, 0.2) is 76.7 Å². The molecule has 0 unspecified atom stereocenters. The van der Waals surface area contributed by atoms with Crippen molar-refractivity contribution in [1.82, 2.24) is 5.43 Å². The molecule has 3 aromatic carbocycles. The first-order valence-corrected chi connectivity index (χ1v) is 11.9. The fourth-order valence-corrected chi connectivity index (χ4v) is 5.13. The second-order valence-electron chi connectivity index (χ2n) is 6.38. The van der Waals surface area contributed by atoms with Crippen molar-refractivity contribution in [1.29, 1.82) is 0 Å². The number of sulfonamides is 1. The van der Waals surface area contributed by atoms with Gasteiger partial charge in [-0.1, -0.05) is 70.7 Å². The lowest BCUT2D eigenvalue weighted by Gasteiger charge is -2.24. The zero-order valence-corrected chi connectivity index (χ0v) is 20.0. The van der Waals surface area contributed by atoms with E-state index in [1.807, 2.05) is 0 Å². The first-order valence-electron chi connectivity index (χ1n) is 8.98. The molecule has 32 heavy (non-hydrogen) atoms. The largest absolute Gasteiger partial charge is 0.271 e. The van der Waals surface area contributed by atoms with Crippen LogP contribution in [-0.2, 0) is 14.8 Å². The Hall–Kier alpha value is -2.29. The van der Waals surface area contributed by atoms with Gasteiger partial charge in [-0.05, 0) is 42.5 Å². The summed E-state index contributed by atoms with van der Waals surface area (Å²) in [5, 5.41) is 5.04. The Bertz CT molecular complexity index is 1270. The normalized spacial score (nSPS) is 11.5. The summed E-state index contributed by atoms with van der Waals surface area (Å²) in [5.41, 5.74) is 2.91. The molecular formula is C21H15Cl4N3O3S. The van der Waals surface area contributed by atoms with E-state index in [0.717, 1.165) is 4.31 Å². The lowest BCUT2D eigenvalue weighted by molar-refractivity contribution is -0.119. The van der Waals surface area contributed by atoms with Crippen molar-refractivity contribution >= 4 is 74.2 Å². The highest BCUT2D eigenvalue weighted by Crippen LogP contribution is 2.32. The van der Waals surface area contributed by atoms with E-state index < -0.39 is 22.5 Å². The van der Waals surface area contributed by atoms with E-state index in [1.54, 1.807) is 30.3 Å². The van der Waals surface area contributed by atoms with Gasteiger partial charge in [0.25, 0.3) is 15.9 Å². The molecule has 1 amide bonds. The van der Waals surface area contributed by atoms with Crippen LogP contribution in [0.4, 0.5) is 5.69 Å². The predicted molar refractivity (Wildman–Crippen MR) is 130 cm³/mol. The number of hydrogen-bond acceptors (Lipinski definition) is 4. The number of nitrogens with zero attached hydrogens (tertiary/aromatic N) is 2. The van der Waals surface area contributed by atoms with E-state index in [4.69, 9.17) is 46.4 Å². The zero-order valence-electron chi connectivity index (χ0n) is 16.2. The quantitative estimate of drug-likeness (QED) is 0.317. The van der Waals surface area contributed by atoms with Gasteiger partial charge in [-0.3, -0.25) is 9.10 Å². The number of benzene rings is 3. The summed E-state index contributed by atoms with van der Waals surface area (Å²) >= 11 is 24.1. The number of carbonyl (C=O) groups is 1. The summed E-state index contributed by atoms with van der Waals surface area (Å²) in [4.78, 5) is 12.6. The van der Waals surface area contributed by atoms with Crippen molar-refractivity contribution in [2.24, 2.45) is 5.10 Å². The Morgan fingerprint density at radius 1 is 0.906 bits per heavy atom. The number of halogens is 4. The van der Waals surface area contributed by atoms with Gasteiger partial charge < -0.3 is 0 Å². The second-order valence-corrected chi connectivity index (χ2v) is 9.93. The van der Waals surface area contributed by atoms with Gasteiger partial charge >= 0.3 is 0 Å². The van der Waals surface area contributed by atoms with Gasteiger partial charge in [-0.15, -0.1) is 0 Å². The molecule has 0 aromatic heterocycles. The second kappa shape index (κ2) is 10.6. The minimum Gasteiger partial charge on any atom is -0.271 e. The third-order valence-corrected chi connectivity index (χ3v) is 7.03. The van der Waals surface area contributed by atoms with Crippen LogP contribution in [0.1, 0.15) is 5.56 Å². The molecule has 0 atom stereocenters. The Morgan fingerprint density at radius 2 is 1.53 bits per heavy atom. The average molecular weight is 531 g/mol. The fraction of sp³-hybridized carbons (Fsp3) is 0.0476. The van der Waals surface area contributed by atoms with Crippen LogP contribution in [0.3, 0.4) is 0 Å². The van der Waals surface area contributed by atoms with Crippen molar-refractivity contribution in [3.8, 4) is 0 Å². The molecular weight excluding hydrogens is 516 g/mol. The highest BCUT2D eigenvalue weighted by molar-refractivity contribution is 7.92. The average Bonchev–Trinajstić information content (AvgIpc) is 2.74. The molecule has 3 aromatic rings. The molecule has 0 saturated carbocycles. The molecule has 166 valence electrons. The van der Waals surface area contributed by atoms with Gasteiger partial charge in [0.05, 0.1) is 26.8 Å². The summed E-state index contributed by atoms with van der Waals surface area (Å²) in [6, 6.07) is 16.8. The van der Waals surface area contributed by atoms with Crippen molar-refractivity contribution in [3.05, 3.63) is 92.4 Å². The smallest absolute Gasteiger partial charge is 0.264 e. The molecule has 0 heterocycles. The summed E-state index contributed by atoms with van der Waals surface area (Å²) in [5.74, 6) is -0.697. The molecule has 0 spiro atoms. The lowest BCUT2D eigenvalue weighted by atomic mass is 10.2. The number of anilines is 1. The van der Waals surface area contributed by atoms with Crippen molar-refractivity contribution in [2.45, 2.75) is 4.90 Å². The Balaban J connectivity index is 1.87. The maximum Gasteiger partial charge on any atom is 0.264 e. The minimum absolute atomic E-state index is 0.00439. The number of rotatable bonds is 7. The molecule has 0 radical (unpaired) electrons. The van der Waals surface area contributed by atoms with E-state index in [9.17, 15) is 13.2 Å². The number of amides is 1. The van der Waals surface area contributed by atoms with Crippen LogP contribution >= 0.6 is 46.4 Å². The molecule has 6 nitrogen and oxygen atoms in total. The molecule has 0 fully saturated rings. The number of carbonyl (C=O) groups excluding carboxylic acids is 1. The van der Waals surface area contributed by atoms with Crippen LogP contribution < -0.4 is 9.73 Å². The highest BCUT2D eigenvalue weighted by atomic mass is 35.5. The van der Waals surface area contributed by atoms with Crippen LogP contribution in [0.5, 0.6) is 0 Å². The van der Waals surface area contributed by atoms with Gasteiger partial charge in [0, 0.05) is 15.6 Å². The SMILES string of the molecule is O=C(CN(c1ccc(Cl)cc1Cl)S(=O)(=O)c1ccccc1)N/N=C\c1ccc(Cl)cc1Cl. The molecule has 0 saturated heterocycles. The first kappa shape index (κ1) is 24.4. The van der Waals surface area contributed by atoms with Crippen LogP contribution in [0.25, 0.3) is 0 Å². The maximum atomic E-state index is 13.3. The third kappa shape index (κ3) is 5.94. The van der Waals surface area contributed by atoms with E-state index in [-0.39, 0.29) is 15.6 Å². The van der Waals surface area contributed by atoms with Crippen LogP contribution in [0.2, 0.25) is 20.1 Å². The lowest BCUT2D eigenvalue weighted by Crippen LogP contribution is -2.39. The number of nitrogens with one attached hydrogen (secondary N) is 1.